The van der Waals surface area contributed by atoms with E-state index in [0.717, 1.165) is 46.0 Å². The molecule has 3 heterocycles. The Labute approximate surface area is 232 Å². The van der Waals surface area contributed by atoms with Gasteiger partial charge in [-0.15, -0.1) is 0 Å². The van der Waals surface area contributed by atoms with E-state index in [1.807, 2.05) is 48.8 Å². The van der Waals surface area contributed by atoms with E-state index in [0.29, 0.717) is 0 Å². The van der Waals surface area contributed by atoms with Crippen molar-refractivity contribution < 1.29 is 4.74 Å². The molecule has 0 spiro atoms. The number of nitrogens with zero attached hydrogens (tertiary/aromatic N) is 3. The van der Waals surface area contributed by atoms with Crippen LogP contribution in [0.1, 0.15) is 16.7 Å². The highest BCUT2D eigenvalue weighted by molar-refractivity contribution is 6.17. The maximum Gasteiger partial charge on any atom is 0.137 e. The van der Waals surface area contributed by atoms with Crippen LogP contribution in [0.4, 0.5) is 0 Å². The molecule has 0 radical (unpaired) electrons. The number of hydrogen-bond acceptors (Lipinski definition) is 3. The minimum atomic E-state index is 0.774. The number of fused-ring (bicyclic) bond motifs is 7. The molecule has 4 aromatic carbocycles. The molecule has 0 unspecified atom stereocenters. The van der Waals surface area contributed by atoms with Gasteiger partial charge in [0.05, 0.1) is 16.7 Å². The Bertz CT molecular complexity index is 2070. The van der Waals surface area contributed by atoms with E-state index in [9.17, 15) is 0 Å². The van der Waals surface area contributed by atoms with Crippen LogP contribution in [0, 0.1) is 6.92 Å². The fourth-order valence-corrected chi connectivity index (χ4v) is 6.06. The molecule has 3 aromatic heterocycles. The Morgan fingerprint density at radius 1 is 0.675 bits per heavy atom. The lowest BCUT2D eigenvalue weighted by Gasteiger charge is -2.10. The lowest BCUT2D eigenvalue weighted by molar-refractivity contribution is 0.483. The number of pyridine rings is 2. The lowest BCUT2D eigenvalue weighted by Crippen LogP contribution is -1.96. The average Bonchev–Trinajstić information content (AvgIpc) is 3.53. The van der Waals surface area contributed by atoms with Gasteiger partial charge in [0.2, 0.25) is 0 Å². The predicted molar refractivity (Wildman–Crippen MR) is 161 cm³/mol. The molecule has 0 N–H and O–H groups in total. The van der Waals surface area contributed by atoms with Crippen molar-refractivity contribution >= 4 is 21.8 Å². The molecular formula is C36H25N3O. The summed E-state index contributed by atoms with van der Waals surface area (Å²) in [6, 6.07) is 37.9. The standard InChI is InChI=1S/C36H25N3O/c1-23-16-18-37-31(19-23)25-8-6-9-27(21-25)40-28-13-14-30-33(22-28)39(34-11-4-5-17-38-34)32-15-12-26-20-24-7-2-3-10-29(24)35(26)36(30)32/h2-19,21-22H,20H2,1H3. The Hall–Kier alpha value is -5.22. The molecule has 0 atom stereocenters. The third kappa shape index (κ3) is 3.61. The SMILES string of the molecule is Cc1ccnc(-c2cccc(Oc3ccc4c5c6c(ccc5n(-c5ccccn5)c4c3)Cc3ccccc3-6)c2)c1. The van der Waals surface area contributed by atoms with E-state index in [2.05, 4.69) is 89.3 Å². The van der Waals surface area contributed by atoms with E-state index in [-0.39, 0.29) is 0 Å². The van der Waals surface area contributed by atoms with Crippen LogP contribution in [-0.2, 0) is 6.42 Å². The van der Waals surface area contributed by atoms with Crippen LogP contribution in [-0.4, -0.2) is 14.5 Å². The van der Waals surface area contributed by atoms with E-state index < -0.39 is 0 Å². The second-order valence-electron chi connectivity index (χ2n) is 10.4. The first-order chi connectivity index (χ1) is 19.7. The fraction of sp³-hybridized carbons (Fsp3) is 0.0556. The van der Waals surface area contributed by atoms with E-state index in [4.69, 9.17) is 9.72 Å². The highest BCUT2D eigenvalue weighted by Gasteiger charge is 2.25. The summed E-state index contributed by atoms with van der Waals surface area (Å²) >= 11 is 0. The summed E-state index contributed by atoms with van der Waals surface area (Å²) in [5, 5.41) is 2.46. The van der Waals surface area contributed by atoms with Crippen molar-refractivity contribution in [2.24, 2.45) is 0 Å². The Balaban J connectivity index is 1.31. The van der Waals surface area contributed by atoms with Crippen LogP contribution in [0.2, 0.25) is 0 Å². The minimum Gasteiger partial charge on any atom is -0.457 e. The molecule has 1 aliphatic carbocycles. The summed E-state index contributed by atoms with van der Waals surface area (Å²) in [5.41, 5.74) is 10.8. The van der Waals surface area contributed by atoms with Gasteiger partial charge < -0.3 is 4.74 Å². The predicted octanol–water partition coefficient (Wildman–Crippen LogP) is 8.91. The topological polar surface area (TPSA) is 39.9 Å². The first kappa shape index (κ1) is 22.7. The summed E-state index contributed by atoms with van der Waals surface area (Å²) in [6.07, 6.45) is 4.66. The van der Waals surface area contributed by atoms with Gasteiger partial charge in [0, 0.05) is 34.8 Å². The zero-order valence-electron chi connectivity index (χ0n) is 22.0. The summed E-state index contributed by atoms with van der Waals surface area (Å²) in [7, 11) is 0. The molecule has 4 nitrogen and oxygen atoms in total. The van der Waals surface area contributed by atoms with Crippen molar-refractivity contribution in [3.63, 3.8) is 0 Å². The monoisotopic (exact) mass is 515 g/mol. The Kier molecular flexibility index (Phi) is 5.07. The molecule has 0 aliphatic heterocycles. The second-order valence-corrected chi connectivity index (χ2v) is 10.4. The molecule has 190 valence electrons. The first-order valence-electron chi connectivity index (χ1n) is 13.5. The molecule has 0 fully saturated rings. The van der Waals surface area contributed by atoms with Gasteiger partial charge in [0.15, 0.2) is 0 Å². The van der Waals surface area contributed by atoms with Gasteiger partial charge in [-0.2, -0.15) is 0 Å². The Morgan fingerprint density at radius 2 is 1.57 bits per heavy atom. The lowest BCUT2D eigenvalue weighted by atomic mass is 9.99. The van der Waals surface area contributed by atoms with Crippen LogP contribution < -0.4 is 4.74 Å². The molecule has 0 saturated heterocycles. The van der Waals surface area contributed by atoms with E-state index in [1.54, 1.807) is 0 Å². The molecule has 40 heavy (non-hydrogen) atoms. The maximum atomic E-state index is 6.45. The number of benzene rings is 4. The van der Waals surface area contributed by atoms with Gasteiger partial charge >= 0.3 is 0 Å². The molecular weight excluding hydrogens is 490 g/mol. The number of aryl methyl sites for hydroxylation is 1. The van der Waals surface area contributed by atoms with Crippen LogP contribution >= 0.6 is 0 Å². The van der Waals surface area contributed by atoms with Crippen LogP contribution in [0.15, 0.2) is 122 Å². The van der Waals surface area contributed by atoms with Gasteiger partial charge in [-0.3, -0.25) is 9.55 Å². The highest BCUT2D eigenvalue weighted by atomic mass is 16.5. The van der Waals surface area contributed by atoms with Crippen molar-refractivity contribution in [2.45, 2.75) is 13.3 Å². The zero-order valence-corrected chi connectivity index (χ0v) is 22.0. The second kappa shape index (κ2) is 8.92. The molecule has 8 rings (SSSR count). The highest BCUT2D eigenvalue weighted by Crippen LogP contribution is 2.46. The van der Waals surface area contributed by atoms with Crippen molar-refractivity contribution in [1.82, 2.24) is 14.5 Å². The van der Waals surface area contributed by atoms with Gasteiger partial charge in [-0.1, -0.05) is 48.5 Å². The molecule has 1 aliphatic rings. The number of rotatable bonds is 4. The largest absolute Gasteiger partial charge is 0.457 e. The number of aromatic nitrogens is 3. The van der Waals surface area contributed by atoms with Crippen molar-refractivity contribution in [2.75, 3.05) is 0 Å². The summed E-state index contributed by atoms with van der Waals surface area (Å²) in [5.74, 6) is 2.44. The van der Waals surface area contributed by atoms with Gasteiger partial charge in [-0.05, 0) is 95.8 Å². The Morgan fingerprint density at radius 3 is 2.48 bits per heavy atom. The third-order valence-electron chi connectivity index (χ3n) is 7.82. The van der Waals surface area contributed by atoms with Gasteiger partial charge in [-0.25, -0.2) is 4.98 Å². The van der Waals surface area contributed by atoms with Crippen molar-refractivity contribution in [3.8, 4) is 39.7 Å². The summed E-state index contributed by atoms with van der Waals surface area (Å²) in [6.45, 7) is 2.08. The molecule has 0 amide bonds. The maximum absolute atomic E-state index is 6.45. The zero-order chi connectivity index (χ0) is 26.6. The van der Waals surface area contributed by atoms with Crippen molar-refractivity contribution in [3.05, 3.63) is 138 Å². The summed E-state index contributed by atoms with van der Waals surface area (Å²) in [4.78, 5) is 9.29. The number of ether oxygens (including phenoxy) is 1. The molecule has 0 saturated carbocycles. The van der Waals surface area contributed by atoms with Crippen molar-refractivity contribution in [1.29, 1.82) is 0 Å². The van der Waals surface area contributed by atoms with Crippen LogP contribution in [0.5, 0.6) is 11.5 Å². The summed E-state index contributed by atoms with van der Waals surface area (Å²) < 4.78 is 8.71. The first-order valence-corrected chi connectivity index (χ1v) is 13.5. The molecule has 0 bridgehead atoms. The smallest absolute Gasteiger partial charge is 0.137 e. The molecule has 7 aromatic rings. The van der Waals surface area contributed by atoms with Gasteiger partial charge in [0.25, 0.3) is 0 Å². The van der Waals surface area contributed by atoms with E-state index in [1.165, 1.54) is 38.6 Å². The normalized spacial score (nSPS) is 12.0. The quantitative estimate of drug-likeness (QED) is 0.235. The number of hydrogen-bond donors (Lipinski definition) is 0. The fourth-order valence-electron chi connectivity index (χ4n) is 6.06. The average molecular weight is 516 g/mol. The van der Waals surface area contributed by atoms with E-state index >= 15 is 0 Å². The third-order valence-corrected chi connectivity index (χ3v) is 7.82. The minimum absolute atomic E-state index is 0.774. The molecule has 4 heteroatoms. The van der Waals surface area contributed by atoms with Crippen LogP contribution in [0.25, 0.3) is 50.0 Å². The van der Waals surface area contributed by atoms with Crippen LogP contribution in [0.3, 0.4) is 0 Å². The van der Waals surface area contributed by atoms with Gasteiger partial charge in [0.1, 0.15) is 17.3 Å².